The summed E-state index contributed by atoms with van der Waals surface area (Å²) in [6.07, 6.45) is 0. The highest BCUT2D eigenvalue weighted by Gasteiger charge is 2.13. The van der Waals surface area contributed by atoms with E-state index in [1.54, 1.807) is 18.2 Å². The molecule has 0 aliphatic heterocycles. The Morgan fingerprint density at radius 2 is 1.85 bits per heavy atom. The molecular weight excluding hydrogens is 336 g/mol. The van der Waals surface area contributed by atoms with Gasteiger partial charge in [-0.25, -0.2) is 0 Å². The van der Waals surface area contributed by atoms with E-state index < -0.39 is 10.8 Å². The minimum Gasteiger partial charge on any atom is -0.293 e. The summed E-state index contributed by atoms with van der Waals surface area (Å²) in [5.41, 5.74) is 2.83. The van der Waals surface area contributed by atoms with Crippen LogP contribution in [0.5, 0.6) is 0 Å². The van der Waals surface area contributed by atoms with Crippen LogP contribution in [0, 0.1) is 13.8 Å². The molecule has 1 atom stereocenters. The number of carbonyl (C=O) groups excluding carboxylic acids is 1. The van der Waals surface area contributed by atoms with Crippen LogP contribution in [0.4, 0.5) is 0 Å². The summed E-state index contributed by atoms with van der Waals surface area (Å²) in [7, 11) is -1.30. The summed E-state index contributed by atoms with van der Waals surface area (Å²) < 4.78 is 13.1. The molecule has 0 amide bonds. The molecule has 2 aromatic carbocycles. The van der Waals surface area contributed by atoms with Gasteiger partial charge in [0.15, 0.2) is 5.78 Å². The smallest absolute Gasteiger partial charge is 0.175 e. The third kappa shape index (κ3) is 3.64. The maximum Gasteiger partial charge on any atom is 0.175 e. The van der Waals surface area contributed by atoms with E-state index in [4.69, 9.17) is 0 Å². The Morgan fingerprint density at radius 3 is 2.50 bits per heavy atom. The van der Waals surface area contributed by atoms with Crippen molar-refractivity contribution < 1.29 is 9.00 Å². The van der Waals surface area contributed by atoms with Crippen molar-refractivity contribution >= 4 is 32.5 Å². The molecule has 20 heavy (non-hydrogen) atoms. The monoisotopic (exact) mass is 350 g/mol. The average molecular weight is 351 g/mol. The Balaban J connectivity index is 2.15. The van der Waals surface area contributed by atoms with Crippen LogP contribution in [-0.4, -0.2) is 15.7 Å². The van der Waals surface area contributed by atoms with Crippen LogP contribution in [0.1, 0.15) is 21.5 Å². The molecule has 0 fully saturated rings. The molecule has 2 rings (SSSR count). The zero-order chi connectivity index (χ0) is 14.7. The van der Waals surface area contributed by atoms with E-state index in [1.807, 2.05) is 38.1 Å². The number of carbonyl (C=O) groups is 1. The van der Waals surface area contributed by atoms with Crippen molar-refractivity contribution in [2.75, 3.05) is 5.75 Å². The van der Waals surface area contributed by atoms with Crippen LogP contribution in [0.2, 0.25) is 0 Å². The highest BCUT2D eigenvalue weighted by molar-refractivity contribution is 9.10. The summed E-state index contributed by atoms with van der Waals surface area (Å²) >= 11 is 3.33. The van der Waals surface area contributed by atoms with E-state index in [2.05, 4.69) is 15.9 Å². The summed E-state index contributed by atoms with van der Waals surface area (Å²) in [5.74, 6) is -0.0956. The lowest BCUT2D eigenvalue weighted by Crippen LogP contribution is -2.11. The second-order valence-corrected chi connectivity index (χ2v) is 7.04. The van der Waals surface area contributed by atoms with Gasteiger partial charge in [0.1, 0.15) is 0 Å². The normalized spacial score (nSPS) is 12.2. The van der Waals surface area contributed by atoms with E-state index in [-0.39, 0.29) is 11.5 Å². The minimum absolute atomic E-state index is 0.0129. The Morgan fingerprint density at radius 1 is 1.10 bits per heavy atom. The zero-order valence-corrected chi connectivity index (χ0v) is 13.8. The van der Waals surface area contributed by atoms with Crippen molar-refractivity contribution in [2.24, 2.45) is 0 Å². The lowest BCUT2D eigenvalue weighted by atomic mass is 10.1. The van der Waals surface area contributed by atoms with Gasteiger partial charge in [-0.15, -0.1) is 0 Å². The second-order valence-electron chi connectivity index (χ2n) is 4.67. The highest BCUT2D eigenvalue weighted by Crippen LogP contribution is 2.16. The SMILES string of the molecule is Cc1ccc(S(=O)CC(=O)c2cccc(Br)c2)cc1C. The Labute approximate surface area is 129 Å². The average Bonchev–Trinajstić information content (AvgIpc) is 2.41. The first-order chi connectivity index (χ1) is 9.47. The molecule has 0 aliphatic rings. The number of Topliss-reactive ketones (excluding diaryl/α,β-unsaturated/α-hetero) is 1. The fourth-order valence-corrected chi connectivity index (χ4v) is 3.30. The molecule has 0 bridgehead atoms. The van der Waals surface area contributed by atoms with E-state index in [9.17, 15) is 9.00 Å². The molecule has 2 nitrogen and oxygen atoms in total. The van der Waals surface area contributed by atoms with Gasteiger partial charge in [-0.1, -0.05) is 34.1 Å². The number of aryl methyl sites for hydroxylation is 2. The van der Waals surface area contributed by atoms with Crippen LogP contribution < -0.4 is 0 Å². The van der Waals surface area contributed by atoms with E-state index in [0.717, 1.165) is 15.6 Å². The summed E-state index contributed by atoms with van der Waals surface area (Å²) in [5, 5.41) is 0. The molecule has 4 heteroatoms. The van der Waals surface area contributed by atoms with Gasteiger partial charge in [-0.05, 0) is 49.2 Å². The number of halogens is 1. The Kier molecular flexibility index (Phi) is 4.89. The molecule has 1 unspecified atom stereocenters. The van der Waals surface area contributed by atoms with Gasteiger partial charge in [-0.2, -0.15) is 0 Å². The topological polar surface area (TPSA) is 34.1 Å². The molecule has 0 spiro atoms. The predicted octanol–water partition coefficient (Wildman–Crippen LogP) is 4.06. The molecule has 0 radical (unpaired) electrons. The van der Waals surface area contributed by atoms with Crippen LogP contribution in [-0.2, 0) is 10.8 Å². The Bertz CT molecular complexity index is 680. The maximum absolute atomic E-state index is 12.3. The second kappa shape index (κ2) is 6.46. The third-order valence-electron chi connectivity index (χ3n) is 3.15. The van der Waals surface area contributed by atoms with Crippen molar-refractivity contribution in [3.8, 4) is 0 Å². The first-order valence-electron chi connectivity index (χ1n) is 6.22. The van der Waals surface area contributed by atoms with Crippen LogP contribution in [0.25, 0.3) is 0 Å². The molecular formula is C16H15BrO2S. The van der Waals surface area contributed by atoms with Crippen LogP contribution in [0.15, 0.2) is 51.8 Å². The van der Waals surface area contributed by atoms with Crippen LogP contribution in [0.3, 0.4) is 0 Å². The van der Waals surface area contributed by atoms with Gasteiger partial charge in [0.25, 0.3) is 0 Å². The lowest BCUT2D eigenvalue weighted by Gasteiger charge is -2.05. The molecule has 0 saturated heterocycles. The molecule has 104 valence electrons. The molecule has 2 aromatic rings. The quantitative estimate of drug-likeness (QED) is 0.779. The van der Waals surface area contributed by atoms with Crippen LogP contribution >= 0.6 is 15.9 Å². The van der Waals surface area contributed by atoms with Crippen molar-refractivity contribution in [1.82, 2.24) is 0 Å². The molecule has 0 aliphatic carbocycles. The van der Waals surface area contributed by atoms with E-state index >= 15 is 0 Å². The number of hydrogen-bond acceptors (Lipinski definition) is 2. The number of ketones is 1. The number of benzene rings is 2. The van der Waals surface area contributed by atoms with Gasteiger partial charge < -0.3 is 0 Å². The Hall–Kier alpha value is -1.26. The third-order valence-corrected chi connectivity index (χ3v) is 4.95. The number of hydrogen-bond donors (Lipinski definition) is 0. The van der Waals surface area contributed by atoms with Crippen molar-refractivity contribution in [3.05, 3.63) is 63.6 Å². The van der Waals surface area contributed by atoms with Gasteiger partial charge in [0.05, 0.1) is 16.6 Å². The highest BCUT2D eigenvalue weighted by atomic mass is 79.9. The van der Waals surface area contributed by atoms with Crippen molar-refractivity contribution in [3.63, 3.8) is 0 Å². The lowest BCUT2D eigenvalue weighted by molar-refractivity contribution is 0.102. The van der Waals surface area contributed by atoms with Gasteiger partial charge in [-0.3, -0.25) is 9.00 Å². The molecule has 0 saturated carbocycles. The summed E-state index contributed by atoms with van der Waals surface area (Å²) in [6.45, 7) is 3.99. The molecule has 0 aromatic heterocycles. The summed E-state index contributed by atoms with van der Waals surface area (Å²) in [6, 6.07) is 12.8. The largest absolute Gasteiger partial charge is 0.293 e. The fourth-order valence-electron chi connectivity index (χ4n) is 1.80. The summed E-state index contributed by atoms with van der Waals surface area (Å²) in [4.78, 5) is 12.8. The maximum atomic E-state index is 12.3. The first-order valence-corrected chi connectivity index (χ1v) is 8.33. The number of rotatable bonds is 4. The van der Waals surface area contributed by atoms with E-state index in [1.165, 1.54) is 0 Å². The first kappa shape index (κ1) is 15.1. The van der Waals surface area contributed by atoms with Gasteiger partial charge in [0, 0.05) is 14.9 Å². The minimum atomic E-state index is -1.30. The van der Waals surface area contributed by atoms with Crippen molar-refractivity contribution in [1.29, 1.82) is 0 Å². The fraction of sp³-hybridized carbons (Fsp3) is 0.188. The van der Waals surface area contributed by atoms with Gasteiger partial charge >= 0.3 is 0 Å². The molecule has 0 heterocycles. The van der Waals surface area contributed by atoms with Gasteiger partial charge in [0.2, 0.25) is 0 Å². The zero-order valence-electron chi connectivity index (χ0n) is 11.4. The van der Waals surface area contributed by atoms with E-state index in [0.29, 0.717) is 10.5 Å². The molecule has 0 N–H and O–H groups in total. The predicted molar refractivity (Wildman–Crippen MR) is 85.7 cm³/mol. The standard InChI is InChI=1S/C16H15BrO2S/c1-11-6-7-15(8-12(11)2)20(19)10-16(18)13-4-3-5-14(17)9-13/h3-9H,10H2,1-2H3. The van der Waals surface area contributed by atoms with Crippen molar-refractivity contribution in [2.45, 2.75) is 18.7 Å².